The maximum atomic E-state index is 8.61. The number of nitrogens with zero attached hydrogens (tertiary/aromatic N) is 4. The highest BCUT2D eigenvalue weighted by molar-refractivity contribution is 5.42. The monoisotopic (exact) mass is 227 g/mol. The van der Waals surface area contributed by atoms with Crippen molar-refractivity contribution in [2.24, 2.45) is 7.05 Å². The van der Waals surface area contributed by atoms with Crippen LogP contribution in [0.3, 0.4) is 0 Å². The van der Waals surface area contributed by atoms with Crippen LogP contribution in [0.1, 0.15) is 11.3 Å². The summed E-state index contributed by atoms with van der Waals surface area (Å²) in [4.78, 5) is 3.99. The zero-order chi connectivity index (χ0) is 12.1. The number of nitrogens with one attached hydrogen (secondary N) is 1. The molecular weight excluding hydrogens is 214 g/mol. The highest BCUT2D eigenvalue weighted by Gasteiger charge is 1.97. The average molecular weight is 227 g/mol. The first-order chi connectivity index (χ1) is 8.28. The van der Waals surface area contributed by atoms with Crippen LogP contribution in [0.5, 0.6) is 0 Å². The van der Waals surface area contributed by atoms with Gasteiger partial charge in [-0.3, -0.25) is 4.68 Å². The van der Waals surface area contributed by atoms with Crippen LogP contribution >= 0.6 is 0 Å². The molecule has 0 amide bonds. The van der Waals surface area contributed by atoms with Crippen LogP contribution in [-0.4, -0.2) is 21.3 Å². The van der Waals surface area contributed by atoms with Crippen LogP contribution in [0.2, 0.25) is 0 Å². The van der Waals surface area contributed by atoms with Crippen molar-refractivity contribution in [3.05, 3.63) is 42.0 Å². The Hall–Kier alpha value is -2.35. The summed E-state index contributed by atoms with van der Waals surface area (Å²) in [5.74, 6) is 0. The van der Waals surface area contributed by atoms with Gasteiger partial charge in [0.25, 0.3) is 0 Å². The van der Waals surface area contributed by atoms with Crippen LogP contribution in [0.4, 0.5) is 5.69 Å². The smallest absolute Gasteiger partial charge is 0.140 e. The molecule has 0 unspecified atom stereocenters. The number of anilines is 1. The van der Waals surface area contributed by atoms with E-state index in [4.69, 9.17) is 5.26 Å². The van der Waals surface area contributed by atoms with E-state index in [9.17, 15) is 0 Å². The molecule has 0 aromatic carbocycles. The molecule has 17 heavy (non-hydrogen) atoms. The molecule has 0 spiro atoms. The van der Waals surface area contributed by atoms with Crippen molar-refractivity contribution in [1.82, 2.24) is 14.8 Å². The Morgan fingerprint density at radius 3 is 2.88 bits per heavy atom. The minimum absolute atomic E-state index is 0.433. The minimum Gasteiger partial charge on any atom is -0.383 e. The number of hydrogen-bond acceptors (Lipinski definition) is 4. The number of pyridine rings is 1. The van der Waals surface area contributed by atoms with Crippen LogP contribution < -0.4 is 5.32 Å². The van der Waals surface area contributed by atoms with Gasteiger partial charge in [0.05, 0.1) is 18.1 Å². The van der Waals surface area contributed by atoms with Crippen molar-refractivity contribution < 1.29 is 0 Å². The first-order valence-corrected chi connectivity index (χ1v) is 5.35. The van der Waals surface area contributed by atoms with Crippen LogP contribution in [0.15, 0.2) is 30.7 Å². The maximum absolute atomic E-state index is 8.61. The summed E-state index contributed by atoms with van der Waals surface area (Å²) < 4.78 is 1.79. The van der Waals surface area contributed by atoms with E-state index in [-0.39, 0.29) is 0 Å². The summed E-state index contributed by atoms with van der Waals surface area (Å²) >= 11 is 0. The highest BCUT2D eigenvalue weighted by Crippen LogP contribution is 2.06. The van der Waals surface area contributed by atoms with Gasteiger partial charge in [0.15, 0.2) is 0 Å². The Morgan fingerprint density at radius 2 is 2.29 bits per heavy atom. The van der Waals surface area contributed by atoms with Gasteiger partial charge in [-0.05, 0) is 24.1 Å². The molecule has 86 valence electrons. The number of aryl methyl sites for hydroxylation is 1. The van der Waals surface area contributed by atoms with Gasteiger partial charge in [0.2, 0.25) is 0 Å². The van der Waals surface area contributed by atoms with Gasteiger partial charge in [-0.1, -0.05) is 0 Å². The van der Waals surface area contributed by atoms with Gasteiger partial charge < -0.3 is 5.32 Å². The van der Waals surface area contributed by atoms with Crippen molar-refractivity contribution in [2.75, 3.05) is 11.9 Å². The Balaban J connectivity index is 1.84. The normalized spacial score (nSPS) is 9.88. The Labute approximate surface area is 99.7 Å². The summed E-state index contributed by atoms with van der Waals surface area (Å²) in [6.45, 7) is 0.819. The van der Waals surface area contributed by atoms with Gasteiger partial charge in [0, 0.05) is 19.8 Å². The van der Waals surface area contributed by atoms with Gasteiger partial charge in [-0.15, -0.1) is 0 Å². The number of nitriles is 1. The van der Waals surface area contributed by atoms with Crippen molar-refractivity contribution >= 4 is 5.69 Å². The summed E-state index contributed by atoms with van der Waals surface area (Å²) in [7, 11) is 1.90. The molecule has 0 saturated carbocycles. The van der Waals surface area contributed by atoms with E-state index < -0.39 is 0 Å². The van der Waals surface area contributed by atoms with Crippen molar-refractivity contribution in [1.29, 1.82) is 5.26 Å². The molecule has 5 heteroatoms. The minimum atomic E-state index is 0.433. The molecule has 2 rings (SSSR count). The van der Waals surface area contributed by atoms with Crippen molar-refractivity contribution in [2.45, 2.75) is 6.42 Å². The van der Waals surface area contributed by atoms with E-state index in [0.717, 1.165) is 18.7 Å². The molecule has 0 saturated heterocycles. The lowest BCUT2D eigenvalue weighted by Gasteiger charge is -2.04. The zero-order valence-electron chi connectivity index (χ0n) is 9.59. The number of rotatable bonds is 4. The second-order valence-electron chi connectivity index (χ2n) is 3.74. The fourth-order valence-electron chi connectivity index (χ4n) is 1.52. The van der Waals surface area contributed by atoms with Gasteiger partial charge in [-0.25, -0.2) is 4.98 Å². The summed E-state index contributed by atoms with van der Waals surface area (Å²) in [5.41, 5.74) is 2.55. The standard InChI is InChI=1S/C12H13N5/c1-17-9-10(7-16-17)4-5-14-12-3-2-11(6-13)15-8-12/h2-3,7-9,14H,4-5H2,1H3. The molecule has 0 aliphatic carbocycles. The predicted octanol–water partition coefficient (Wildman–Crippen LogP) is 1.34. The third-order valence-electron chi connectivity index (χ3n) is 2.38. The molecule has 0 aliphatic heterocycles. The molecule has 0 bridgehead atoms. The summed E-state index contributed by atoms with van der Waals surface area (Å²) in [6.07, 6.45) is 6.44. The van der Waals surface area contributed by atoms with Gasteiger partial charge in [0.1, 0.15) is 11.8 Å². The zero-order valence-corrected chi connectivity index (χ0v) is 9.59. The lowest BCUT2D eigenvalue weighted by molar-refractivity contribution is 0.767. The summed E-state index contributed by atoms with van der Waals surface area (Å²) in [5, 5.41) is 16.0. The van der Waals surface area contributed by atoms with Crippen LogP contribution in [0.25, 0.3) is 0 Å². The quantitative estimate of drug-likeness (QED) is 0.856. The molecule has 0 aliphatic rings. The number of hydrogen-bond donors (Lipinski definition) is 1. The lowest BCUT2D eigenvalue weighted by Crippen LogP contribution is -2.04. The fourth-order valence-corrected chi connectivity index (χ4v) is 1.52. The molecule has 0 fully saturated rings. The van der Waals surface area contributed by atoms with Crippen LogP contribution in [-0.2, 0) is 13.5 Å². The van der Waals surface area contributed by atoms with E-state index in [0.29, 0.717) is 5.69 Å². The first-order valence-electron chi connectivity index (χ1n) is 5.35. The van der Waals surface area contributed by atoms with E-state index in [1.165, 1.54) is 5.56 Å². The van der Waals surface area contributed by atoms with E-state index in [1.807, 2.05) is 31.6 Å². The third-order valence-corrected chi connectivity index (χ3v) is 2.38. The lowest BCUT2D eigenvalue weighted by atomic mass is 10.2. The Bertz CT molecular complexity index is 521. The molecule has 2 heterocycles. The molecular formula is C12H13N5. The topological polar surface area (TPSA) is 66.5 Å². The second-order valence-corrected chi connectivity index (χ2v) is 3.74. The molecule has 5 nitrogen and oxygen atoms in total. The molecule has 2 aromatic heterocycles. The summed E-state index contributed by atoms with van der Waals surface area (Å²) in [6, 6.07) is 5.55. The Morgan fingerprint density at radius 1 is 1.41 bits per heavy atom. The molecule has 2 aromatic rings. The van der Waals surface area contributed by atoms with E-state index >= 15 is 0 Å². The van der Waals surface area contributed by atoms with Crippen molar-refractivity contribution in [3.8, 4) is 6.07 Å². The second kappa shape index (κ2) is 5.12. The molecule has 0 atom stereocenters. The SMILES string of the molecule is Cn1cc(CCNc2ccc(C#N)nc2)cn1. The van der Waals surface area contributed by atoms with E-state index in [1.54, 1.807) is 16.9 Å². The Kier molecular flexibility index (Phi) is 3.36. The molecule has 1 N–H and O–H groups in total. The van der Waals surface area contributed by atoms with Gasteiger partial charge in [-0.2, -0.15) is 10.4 Å². The van der Waals surface area contributed by atoms with Crippen molar-refractivity contribution in [3.63, 3.8) is 0 Å². The predicted molar refractivity (Wildman–Crippen MR) is 64.4 cm³/mol. The van der Waals surface area contributed by atoms with Gasteiger partial charge >= 0.3 is 0 Å². The fraction of sp³-hybridized carbons (Fsp3) is 0.250. The first kappa shape index (κ1) is 11.1. The largest absolute Gasteiger partial charge is 0.383 e. The maximum Gasteiger partial charge on any atom is 0.140 e. The third kappa shape index (κ3) is 3.05. The number of aromatic nitrogens is 3. The average Bonchev–Trinajstić information content (AvgIpc) is 2.76. The van der Waals surface area contributed by atoms with Crippen LogP contribution in [0, 0.1) is 11.3 Å². The molecule has 0 radical (unpaired) electrons. The van der Waals surface area contributed by atoms with E-state index in [2.05, 4.69) is 15.4 Å². The highest BCUT2D eigenvalue weighted by atomic mass is 15.2.